The first kappa shape index (κ1) is 24.5. The molecule has 0 aliphatic carbocycles. The molecule has 3 aromatic rings. The standard InChI is InChI=1S/C27H34N2O4S/c1-4-5-16-34(31,32)24-9-7-6-8-21(24)26(30)20-10-11-23-22(17-20)25(27(28)33-23)19-12-14-29(15-13-19)18(2)3/h6-11,17-19H,4-5,12-16,28H2,1-3H3. The number of unbranched alkanes of at least 4 members (excludes halogenated alkanes) is 1. The summed E-state index contributed by atoms with van der Waals surface area (Å²) in [6.45, 7) is 8.36. The number of carbonyl (C=O) groups is 1. The molecular weight excluding hydrogens is 448 g/mol. The van der Waals surface area contributed by atoms with Crippen LogP contribution >= 0.6 is 0 Å². The number of carbonyl (C=O) groups excluding carboxylic acids is 1. The molecular formula is C27H34N2O4S. The van der Waals surface area contributed by atoms with Gasteiger partial charge < -0.3 is 15.1 Å². The van der Waals surface area contributed by atoms with Gasteiger partial charge in [0, 0.05) is 28.1 Å². The lowest BCUT2D eigenvalue weighted by Crippen LogP contribution is -2.37. The van der Waals surface area contributed by atoms with Gasteiger partial charge in [-0.25, -0.2) is 8.42 Å². The molecule has 4 rings (SSSR count). The van der Waals surface area contributed by atoms with Crippen LogP contribution in [-0.2, 0) is 9.84 Å². The van der Waals surface area contributed by atoms with Crippen LogP contribution in [0.3, 0.4) is 0 Å². The van der Waals surface area contributed by atoms with E-state index in [-0.39, 0.29) is 27.9 Å². The van der Waals surface area contributed by atoms with Crippen molar-refractivity contribution >= 4 is 32.5 Å². The van der Waals surface area contributed by atoms with Crippen LogP contribution < -0.4 is 5.73 Å². The fraction of sp³-hybridized carbons (Fsp3) is 0.444. The lowest BCUT2D eigenvalue weighted by Gasteiger charge is -2.34. The summed E-state index contributed by atoms with van der Waals surface area (Å²) in [4.78, 5) is 16.1. The molecule has 0 bridgehead atoms. The molecule has 1 saturated heterocycles. The van der Waals surface area contributed by atoms with Gasteiger partial charge in [-0.2, -0.15) is 0 Å². The number of anilines is 1. The molecule has 1 aliphatic rings. The third-order valence-corrected chi connectivity index (χ3v) is 8.77. The number of hydrogen-bond donors (Lipinski definition) is 1. The van der Waals surface area contributed by atoms with Crippen molar-refractivity contribution in [2.75, 3.05) is 24.6 Å². The Morgan fingerprint density at radius 3 is 2.53 bits per heavy atom. The van der Waals surface area contributed by atoms with Gasteiger partial charge in [-0.1, -0.05) is 25.5 Å². The molecule has 34 heavy (non-hydrogen) atoms. The van der Waals surface area contributed by atoms with E-state index in [1.807, 2.05) is 13.0 Å². The molecule has 1 aliphatic heterocycles. The van der Waals surface area contributed by atoms with Gasteiger partial charge in [0.15, 0.2) is 21.5 Å². The van der Waals surface area contributed by atoms with Crippen molar-refractivity contribution in [1.82, 2.24) is 4.90 Å². The van der Waals surface area contributed by atoms with Crippen LogP contribution in [0.1, 0.15) is 73.9 Å². The van der Waals surface area contributed by atoms with E-state index in [1.54, 1.807) is 30.3 Å². The van der Waals surface area contributed by atoms with Crippen LogP contribution in [0.25, 0.3) is 11.0 Å². The van der Waals surface area contributed by atoms with E-state index in [0.717, 1.165) is 43.3 Å². The number of rotatable bonds is 8. The number of nitrogens with zero attached hydrogens (tertiary/aromatic N) is 1. The third-order valence-electron chi connectivity index (χ3n) is 6.92. The second kappa shape index (κ2) is 9.92. The Kier molecular flexibility index (Phi) is 7.14. The van der Waals surface area contributed by atoms with E-state index in [0.29, 0.717) is 29.5 Å². The van der Waals surface area contributed by atoms with Crippen LogP contribution in [0, 0.1) is 0 Å². The number of ketones is 1. The van der Waals surface area contributed by atoms with Gasteiger partial charge in [0.25, 0.3) is 0 Å². The first-order chi connectivity index (χ1) is 16.2. The van der Waals surface area contributed by atoms with Gasteiger partial charge in [-0.15, -0.1) is 0 Å². The first-order valence-electron chi connectivity index (χ1n) is 12.2. The number of hydrogen-bond acceptors (Lipinski definition) is 6. The Bertz CT molecular complexity index is 1290. The average molecular weight is 483 g/mol. The minimum Gasteiger partial charge on any atom is -0.441 e. The fourth-order valence-electron chi connectivity index (χ4n) is 4.93. The SMILES string of the molecule is CCCCS(=O)(=O)c1ccccc1C(=O)c1ccc2oc(N)c(C3CCN(C(C)C)CC3)c2c1. The van der Waals surface area contributed by atoms with Crippen LogP contribution in [-0.4, -0.2) is 44.0 Å². The summed E-state index contributed by atoms with van der Waals surface area (Å²) in [7, 11) is -3.55. The summed E-state index contributed by atoms with van der Waals surface area (Å²) in [5, 5.41) is 0.845. The lowest BCUT2D eigenvalue weighted by molar-refractivity contribution is 0.103. The molecule has 7 heteroatoms. The second-order valence-corrected chi connectivity index (χ2v) is 11.6. The summed E-state index contributed by atoms with van der Waals surface area (Å²) < 4.78 is 31.7. The lowest BCUT2D eigenvalue weighted by atomic mass is 9.87. The fourth-order valence-corrected chi connectivity index (χ4v) is 6.60. The highest BCUT2D eigenvalue weighted by Gasteiger charge is 2.28. The second-order valence-electron chi connectivity index (χ2n) is 9.49. The third kappa shape index (κ3) is 4.77. The van der Waals surface area contributed by atoms with E-state index in [9.17, 15) is 13.2 Å². The minimum atomic E-state index is -3.55. The van der Waals surface area contributed by atoms with E-state index in [1.165, 1.54) is 6.07 Å². The van der Waals surface area contributed by atoms with E-state index in [2.05, 4.69) is 18.7 Å². The Balaban J connectivity index is 1.70. The number of sulfone groups is 1. The highest BCUT2D eigenvalue weighted by molar-refractivity contribution is 7.91. The molecule has 2 N–H and O–H groups in total. The smallest absolute Gasteiger partial charge is 0.195 e. The van der Waals surface area contributed by atoms with Gasteiger partial charge in [0.2, 0.25) is 0 Å². The number of piperidine rings is 1. The van der Waals surface area contributed by atoms with Crippen LogP contribution in [0.2, 0.25) is 0 Å². The molecule has 0 radical (unpaired) electrons. The van der Waals surface area contributed by atoms with Crippen molar-refractivity contribution in [2.24, 2.45) is 0 Å². The highest BCUT2D eigenvalue weighted by Crippen LogP contribution is 2.40. The number of nitrogens with two attached hydrogens (primary N) is 1. The Morgan fingerprint density at radius 1 is 1.15 bits per heavy atom. The zero-order chi connectivity index (χ0) is 24.5. The summed E-state index contributed by atoms with van der Waals surface area (Å²) in [6.07, 6.45) is 3.29. The zero-order valence-corrected chi connectivity index (χ0v) is 21.0. The van der Waals surface area contributed by atoms with Gasteiger partial charge >= 0.3 is 0 Å². The van der Waals surface area contributed by atoms with Crippen LogP contribution in [0.4, 0.5) is 5.88 Å². The van der Waals surface area contributed by atoms with Crippen LogP contribution in [0.5, 0.6) is 0 Å². The van der Waals surface area contributed by atoms with Crippen molar-refractivity contribution in [3.8, 4) is 0 Å². The van der Waals surface area contributed by atoms with Crippen molar-refractivity contribution in [2.45, 2.75) is 63.3 Å². The van der Waals surface area contributed by atoms with Crippen molar-refractivity contribution in [3.05, 3.63) is 59.2 Å². The van der Waals surface area contributed by atoms with Gasteiger partial charge in [-0.05, 0) is 82.4 Å². The topological polar surface area (TPSA) is 93.6 Å². The molecule has 6 nitrogen and oxygen atoms in total. The maximum absolute atomic E-state index is 13.5. The average Bonchev–Trinajstić information content (AvgIpc) is 3.17. The number of nitrogen functional groups attached to an aromatic ring is 1. The van der Waals surface area contributed by atoms with E-state index >= 15 is 0 Å². The Morgan fingerprint density at radius 2 is 1.85 bits per heavy atom. The quantitative estimate of drug-likeness (QED) is 0.432. The zero-order valence-electron chi connectivity index (χ0n) is 20.2. The first-order valence-corrected chi connectivity index (χ1v) is 13.8. The molecule has 0 atom stereocenters. The van der Waals surface area contributed by atoms with Gasteiger partial charge in [0.05, 0.1) is 10.6 Å². The maximum Gasteiger partial charge on any atom is 0.195 e. The molecule has 0 amide bonds. The molecule has 1 fully saturated rings. The van der Waals surface area contributed by atoms with Crippen molar-refractivity contribution in [1.29, 1.82) is 0 Å². The monoisotopic (exact) mass is 482 g/mol. The molecule has 182 valence electrons. The Hall–Kier alpha value is -2.64. The summed E-state index contributed by atoms with van der Waals surface area (Å²) in [5.74, 6) is 0.399. The molecule has 2 heterocycles. The number of benzene rings is 2. The molecule has 0 saturated carbocycles. The summed E-state index contributed by atoms with van der Waals surface area (Å²) in [6, 6.07) is 12.3. The normalized spacial score (nSPS) is 15.9. The van der Waals surface area contributed by atoms with Crippen molar-refractivity contribution < 1.29 is 17.6 Å². The molecule has 0 unspecified atom stereocenters. The van der Waals surface area contributed by atoms with Gasteiger partial charge in [-0.3, -0.25) is 4.79 Å². The minimum absolute atomic E-state index is 0.0321. The molecule has 1 aromatic heterocycles. The number of likely N-dealkylation sites (tertiary alicyclic amines) is 1. The van der Waals surface area contributed by atoms with E-state index in [4.69, 9.17) is 10.2 Å². The predicted molar refractivity (Wildman–Crippen MR) is 136 cm³/mol. The van der Waals surface area contributed by atoms with Crippen LogP contribution in [0.15, 0.2) is 51.8 Å². The van der Waals surface area contributed by atoms with Gasteiger partial charge in [0.1, 0.15) is 5.58 Å². The maximum atomic E-state index is 13.5. The largest absolute Gasteiger partial charge is 0.441 e. The van der Waals surface area contributed by atoms with E-state index < -0.39 is 9.84 Å². The van der Waals surface area contributed by atoms with Crippen molar-refractivity contribution in [3.63, 3.8) is 0 Å². The number of fused-ring (bicyclic) bond motifs is 1. The summed E-state index contributed by atoms with van der Waals surface area (Å²) in [5.41, 5.74) is 8.57. The predicted octanol–water partition coefficient (Wildman–Crippen LogP) is 5.41. The highest BCUT2D eigenvalue weighted by atomic mass is 32.2. The summed E-state index contributed by atoms with van der Waals surface area (Å²) >= 11 is 0. The molecule has 2 aromatic carbocycles. The Labute approximate surface area is 202 Å². The molecule has 0 spiro atoms. The number of furan rings is 1.